The number of carbonyl (C=O) groups is 2. The summed E-state index contributed by atoms with van der Waals surface area (Å²) < 4.78 is 21.9. The van der Waals surface area contributed by atoms with E-state index in [0.29, 0.717) is 72.3 Å². The van der Waals surface area contributed by atoms with E-state index in [1.807, 2.05) is 27.1 Å². The number of hydrogen-bond acceptors (Lipinski definition) is 12. The first-order chi connectivity index (χ1) is 24.1. The summed E-state index contributed by atoms with van der Waals surface area (Å²) in [4.78, 5) is 43.0. The number of amides is 4. The molecule has 0 unspecified atom stereocenters. The third-order valence-corrected chi connectivity index (χ3v) is 7.01. The molecule has 264 valence electrons. The Morgan fingerprint density at radius 3 is 1.70 bits per heavy atom. The molecule has 2 aromatic heterocycles. The third-order valence-electron chi connectivity index (χ3n) is 6.82. The van der Waals surface area contributed by atoms with Crippen LogP contribution in [0.3, 0.4) is 0 Å². The fraction of sp³-hybridized carbons (Fsp3) is 0.333. The Balaban J connectivity index is 0.000000200. The molecule has 0 bridgehead atoms. The van der Waals surface area contributed by atoms with Gasteiger partial charge in [-0.05, 0) is 71.2 Å². The topological polar surface area (TPSA) is 186 Å². The van der Waals surface area contributed by atoms with Gasteiger partial charge in [-0.2, -0.15) is 4.98 Å². The number of fused-ring (bicyclic) bond motifs is 2. The molecule has 2 aromatic carbocycles. The van der Waals surface area contributed by atoms with Crippen LogP contribution in [0, 0.1) is 13.8 Å². The maximum absolute atomic E-state index is 12.3. The van der Waals surface area contributed by atoms with E-state index < -0.39 is 12.1 Å². The highest BCUT2D eigenvalue weighted by molar-refractivity contribution is 6.29. The smallest absolute Gasteiger partial charge is 0.326 e. The molecule has 0 saturated heterocycles. The van der Waals surface area contributed by atoms with Gasteiger partial charge in [0.25, 0.3) is 0 Å². The SMILES string of the molecule is Cc1cc(Cl)nc(NC(=O)Nc2ccc3c(c2)OCCO3)n1.Cc1cc(NCCCN(C)C)nc(NC(=O)Nc2ccc3c(c2)OCCO3)n1. The minimum absolute atomic E-state index is 0.139. The summed E-state index contributed by atoms with van der Waals surface area (Å²) in [5, 5.41) is 14.1. The van der Waals surface area contributed by atoms with Crippen LogP contribution in [0.4, 0.5) is 38.7 Å². The molecule has 0 aliphatic carbocycles. The van der Waals surface area contributed by atoms with Crippen molar-refractivity contribution >= 4 is 52.8 Å². The number of rotatable bonds is 9. The summed E-state index contributed by atoms with van der Waals surface area (Å²) in [5.74, 6) is 3.60. The Bertz CT molecular complexity index is 1790. The molecule has 4 amide bonds. The van der Waals surface area contributed by atoms with Crippen molar-refractivity contribution in [2.75, 3.05) is 80.2 Å². The lowest BCUT2D eigenvalue weighted by Gasteiger charge is -2.19. The molecule has 2 aliphatic rings. The van der Waals surface area contributed by atoms with Crippen molar-refractivity contribution in [1.82, 2.24) is 24.8 Å². The van der Waals surface area contributed by atoms with Gasteiger partial charge in [0.15, 0.2) is 23.0 Å². The van der Waals surface area contributed by atoms with Gasteiger partial charge in [-0.25, -0.2) is 24.5 Å². The average molecular weight is 707 g/mol. The predicted octanol–water partition coefficient (Wildman–Crippen LogP) is 5.42. The van der Waals surface area contributed by atoms with E-state index in [1.165, 1.54) is 0 Å². The minimum Gasteiger partial charge on any atom is -0.486 e. The summed E-state index contributed by atoms with van der Waals surface area (Å²) in [5.41, 5.74) is 2.59. The molecule has 0 spiro atoms. The van der Waals surface area contributed by atoms with Crippen LogP contribution in [0.1, 0.15) is 17.8 Å². The number of anilines is 5. The van der Waals surface area contributed by atoms with Crippen molar-refractivity contribution in [2.45, 2.75) is 20.3 Å². The first-order valence-electron chi connectivity index (χ1n) is 15.8. The number of aryl methyl sites for hydroxylation is 2. The largest absolute Gasteiger partial charge is 0.486 e. The fourth-order valence-electron chi connectivity index (χ4n) is 4.68. The lowest BCUT2D eigenvalue weighted by Crippen LogP contribution is -2.22. The van der Waals surface area contributed by atoms with E-state index in [9.17, 15) is 9.59 Å². The number of halogens is 1. The van der Waals surface area contributed by atoms with Crippen molar-refractivity contribution in [2.24, 2.45) is 0 Å². The van der Waals surface area contributed by atoms with Gasteiger partial charge in [0.05, 0.1) is 0 Å². The van der Waals surface area contributed by atoms with Crippen molar-refractivity contribution in [3.63, 3.8) is 0 Å². The highest BCUT2D eigenvalue weighted by atomic mass is 35.5. The van der Waals surface area contributed by atoms with Crippen molar-refractivity contribution < 1.29 is 28.5 Å². The van der Waals surface area contributed by atoms with E-state index >= 15 is 0 Å². The second-order valence-corrected chi connectivity index (χ2v) is 11.7. The normalized spacial score (nSPS) is 12.6. The van der Waals surface area contributed by atoms with Gasteiger partial charge in [0.2, 0.25) is 11.9 Å². The third kappa shape index (κ3) is 11.0. The van der Waals surface area contributed by atoms with Gasteiger partial charge in [-0.3, -0.25) is 10.6 Å². The molecule has 0 radical (unpaired) electrons. The molecular formula is C33H39ClN10O6. The number of urea groups is 2. The Labute approximate surface area is 294 Å². The van der Waals surface area contributed by atoms with Gasteiger partial charge >= 0.3 is 12.1 Å². The number of nitrogens with one attached hydrogen (secondary N) is 5. The van der Waals surface area contributed by atoms with Crippen LogP contribution in [-0.2, 0) is 0 Å². The number of nitrogens with zero attached hydrogens (tertiary/aromatic N) is 5. The predicted molar refractivity (Wildman–Crippen MR) is 190 cm³/mol. The zero-order valence-electron chi connectivity index (χ0n) is 28.1. The Hall–Kier alpha value is -5.61. The summed E-state index contributed by atoms with van der Waals surface area (Å²) in [6.07, 6.45) is 0.989. The maximum Gasteiger partial charge on any atom is 0.326 e. The minimum atomic E-state index is -0.474. The Kier molecular flexibility index (Phi) is 12.3. The van der Waals surface area contributed by atoms with Crippen LogP contribution in [0.15, 0.2) is 48.5 Å². The molecule has 50 heavy (non-hydrogen) atoms. The fourth-order valence-corrected chi connectivity index (χ4v) is 4.92. The Morgan fingerprint density at radius 1 is 0.680 bits per heavy atom. The second kappa shape index (κ2) is 17.2. The van der Waals surface area contributed by atoms with Crippen LogP contribution >= 0.6 is 11.6 Å². The van der Waals surface area contributed by atoms with Gasteiger partial charge in [-0.1, -0.05) is 11.6 Å². The van der Waals surface area contributed by atoms with Crippen LogP contribution in [-0.4, -0.2) is 90.5 Å². The number of hydrogen-bond donors (Lipinski definition) is 5. The second-order valence-electron chi connectivity index (χ2n) is 11.3. The molecular weight excluding hydrogens is 668 g/mol. The van der Waals surface area contributed by atoms with Crippen LogP contribution in [0.2, 0.25) is 5.15 Å². The molecule has 16 nitrogen and oxygen atoms in total. The standard InChI is InChI=1S/C19H26N6O3.C14H13ClN4O3/c1-13-11-17(20-7-4-8-25(2)3)23-18(21-13)24-19(26)22-14-5-6-15-16(12-14)28-10-9-27-15;1-8-6-12(15)18-13(16-8)19-14(20)17-9-2-3-10-11(7-9)22-5-4-21-10/h5-6,11-12H,4,7-10H2,1-3H3,(H3,20,21,22,23,24,26);2-3,6-7H,4-5H2,1H3,(H2,16,17,18,19,20). The van der Waals surface area contributed by atoms with Crippen molar-refractivity contribution in [3.8, 4) is 23.0 Å². The summed E-state index contributed by atoms with van der Waals surface area (Å²) in [6.45, 7) is 7.41. The summed E-state index contributed by atoms with van der Waals surface area (Å²) in [6, 6.07) is 12.9. The van der Waals surface area contributed by atoms with E-state index in [0.717, 1.165) is 25.2 Å². The molecule has 6 rings (SSSR count). The van der Waals surface area contributed by atoms with Crippen LogP contribution in [0.5, 0.6) is 23.0 Å². The lowest BCUT2D eigenvalue weighted by atomic mass is 10.2. The molecule has 0 saturated carbocycles. The van der Waals surface area contributed by atoms with Gasteiger partial charge in [-0.15, -0.1) is 0 Å². The van der Waals surface area contributed by atoms with E-state index in [2.05, 4.69) is 51.4 Å². The molecule has 4 heterocycles. The number of aromatic nitrogens is 4. The molecule has 5 N–H and O–H groups in total. The van der Waals surface area contributed by atoms with Crippen LogP contribution in [0.25, 0.3) is 0 Å². The van der Waals surface area contributed by atoms with Crippen molar-refractivity contribution in [1.29, 1.82) is 0 Å². The van der Waals surface area contributed by atoms with E-state index in [4.69, 9.17) is 30.5 Å². The summed E-state index contributed by atoms with van der Waals surface area (Å²) in [7, 11) is 4.08. The molecule has 0 fully saturated rings. The number of benzene rings is 2. The molecule has 17 heteroatoms. The van der Waals surface area contributed by atoms with E-state index in [1.54, 1.807) is 49.4 Å². The van der Waals surface area contributed by atoms with E-state index in [-0.39, 0.29) is 17.0 Å². The van der Waals surface area contributed by atoms with Crippen LogP contribution < -0.4 is 45.5 Å². The lowest BCUT2D eigenvalue weighted by molar-refractivity contribution is 0.171. The Morgan fingerprint density at radius 2 is 1.18 bits per heavy atom. The monoisotopic (exact) mass is 706 g/mol. The van der Waals surface area contributed by atoms with Gasteiger partial charge < -0.3 is 39.8 Å². The number of carbonyl (C=O) groups excluding carboxylic acids is 2. The van der Waals surface area contributed by atoms with Crippen molar-refractivity contribution in [3.05, 3.63) is 65.1 Å². The number of ether oxygens (including phenoxy) is 4. The average Bonchev–Trinajstić information content (AvgIpc) is 3.06. The van der Waals surface area contributed by atoms with Gasteiger partial charge in [0, 0.05) is 47.5 Å². The quantitative estimate of drug-likeness (QED) is 0.110. The van der Waals surface area contributed by atoms with Gasteiger partial charge in [0.1, 0.15) is 37.4 Å². The maximum atomic E-state index is 12.3. The molecule has 4 aromatic rings. The highest BCUT2D eigenvalue weighted by Gasteiger charge is 2.15. The zero-order chi connectivity index (χ0) is 35.5. The molecule has 2 aliphatic heterocycles. The summed E-state index contributed by atoms with van der Waals surface area (Å²) >= 11 is 5.82. The highest BCUT2D eigenvalue weighted by Crippen LogP contribution is 2.33. The first kappa shape index (κ1) is 35.7. The molecule has 0 atom stereocenters. The zero-order valence-corrected chi connectivity index (χ0v) is 28.9. The first-order valence-corrected chi connectivity index (χ1v) is 16.2.